The lowest BCUT2D eigenvalue weighted by Gasteiger charge is -2.09. The Labute approximate surface area is 127 Å². The minimum Gasteiger partial charge on any atom is -0.329 e. The first kappa shape index (κ1) is 14.7. The van der Waals surface area contributed by atoms with E-state index in [1.165, 1.54) is 12.1 Å². The van der Waals surface area contributed by atoms with E-state index in [1.807, 2.05) is 24.5 Å². The van der Waals surface area contributed by atoms with Gasteiger partial charge >= 0.3 is 0 Å². The lowest BCUT2D eigenvalue weighted by Crippen LogP contribution is -2.11. The summed E-state index contributed by atoms with van der Waals surface area (Å²) in [6.07, 6.45) is 0. The second-order valence-corrected chi connectivity index (χ2v) is 5.43. The zero-order chi connectivity index (χ0) is 15.9. The predicted octanol–water partition coefficient (Wildman–Crippen LogP) is 3.56. The summed E-state index contributed by atoms with van der Waals surface area (Å²) in [6.45, 7) is 5.06. The quantitative estimate of drug-likeness (QED) is 0.804. The van der Waals surface area contributed by atoms with Gasteiger partial charge in [-0.05, 0) is 55.3 Å². The van der Waals surface area contributed by atoms with Crippen LogP contribution in [-0.2, 0) is 6.54 Å². The summed E-state index contributed by atoms with van der Waals surface area (Å²) < 4.78 is 28.6. The molecule has 22 heavy (non-hydrogen) atoms. The maximum atomic E-state index is 13.5. The SMILES string of the molecule is Cc1cc2nc(-c3ccc(F)c(F)c3)n(CCN)c2cc1C. The van der Waals surface area contributed by atoms with Crippen molar-refractivity contribution in [1.29, 1.82) is 0 Å². The van der Waals surface area contributed by atoms with Gasteiger partial charge < -0.3 is 10.3 Å². The lowest BCUT2D eigenvalue weighted by atomic mass is 10.1. The van der Waals surface area contributed by atoms with E-state index in [-0.39, 0.29) is 0 Å². The molecule has 2 aromatic carbocycles. The Balaban J connectivity index is 2.27. The first-order valence-corrected chi connectivity index (χ1v) is 7.14. The second kappa shape index (κ2) is 5.50. The van der Waals surface area contributed by atoms with Crippen LogP contribution in [0.1, 0.15) is 11.1 Å². The third-order valence-corrected chi connectivity index (χ3v) is 3.89. The number of hydrogen-bond donors (Lipinski definition) is 1. The molecule has 0 aliphatic rings. The van der Waals surface area contributed by atoms with Gasteiger partial charge in [-0.2, -0.15) is 0 Å². The number of imidazole rings is 1. The third-order valence-electron chi connectivity index (χ3n) is 3.89. The number of benzene rings is 2. The van der Waals surface area contributed by atoms with Crippen LogP contribution in [0.3, 0.4) is 0 Å². The Hall–Kier alpha value is -2.27. The monoisotopic (exact) mass is 301 g/mol. The van der Waals surface area contributed by atoms with E-state index < -0.39 is 11.6 Å². The average Bonchev–Trinajstić information content (AvgIpc) is 2.81. The molecule has 0 atom stereocenters. The molecule has 3 nitrogen and oxygen atoms in total. The molecule has 2 N–H and O–H groups in total. The van der Waals surface area contributed by atoms with E-state index in [0.29, 0.717) is 24.5 Å². The largest absolute Gasteiger partial charge is 0.329 e. The van der Waals surface area contributed by atoms with Crippen molar-refractivity contribution in [2.45, 2.75) is 20.4 Å². The van der Waals surface area contributed by atoms with Crippen LogP contribution >= 0.6 is 0 Å². The van der Waals surface area contributed by atoms with Gasteiger partial charge in [0, 0.05) is 18.7 Å². The minimum atomic E-state index is -0.879. The topological polar surface area (TPSA) is 43.8 Å². The number of hydrogen-bond acceptors (Lipinski definition) is 2. The fourth-order valence-corrected chi connectivity index (χ4v) is 2.59. The minimum absolute atomic E-state index is 0.440. The molecule has 1 aromatic heterocycles. The van der Waals surface area contributed by atoms with Gasteiger partial charge in [0.05, 0.1) is 11.0 Å². The maximum absolute atomic E-state index is 13.5. The van der Waals surface area contributed by atoms with Gasteiger partial charge in [-0.1, -0.05) is 0 Å². The number of aromatic nitrogens is 2. The molecule has 3 aromatic rings. The lowest BCUT2D eigenvalue weighted by molar-refractivity contribution is 0.509. The number of aryl methyl sites for hydroxylation is 2. The average molecular weight is 301 g/mol. The molecule has 0 aliphatic carbocycles. The fourth-order valence-electron chi connectivity index (χ4n) is 2.59. The van der Waals surface area contributed by atoms with E-state index in [1.54, 1.807) is 0 Å². The van der Waals surface area contributed by atoms with Crippen molar-refractivity contribution in [3.63, 3.8) is 0 Å². The van der Waals surface area contributed by atoms with E-state index >= 15 is 0 Å². The number of halogens is 2. The maximum Gasteiger partial charge on any atom is 0.159 e. The molecule has 1 heterocycles. The summed E-state index contributed by atoms with van der Waals surface area (Å²) in [6, 6.07) is 7.88. The van der Waals surface area contributed by atoms with Crippen molar-refractivity contribution in [3.05, 3.63) is 53.1 Å². The molecule has 0 saturated heterocycles. The van der Waals surface area contributed by atoms with Gasteiger partial charge in [0.2, 0.25) is 0 Å². The Bertz CT molecular complexity index is 853. The molecule has 0 aliphatic heterocycles. The van der Waals surface area contributed by atoms with Crippen LogP contribution < -0.4 is 5.73 Å². The zero-order valence-corrected chi connectivity index (χ0v) is 12.5. The first-order valence-electron chi connectivity index (χ1n) is 7.14. The van der Waals surface area contributed by atoms with Gasteiger partial charge in [0.1, 0.15) is 5.82 Å². The highest BCUT2D eigenvalue weighted by molar-refractivity contribution is 5.82. The summed E-state index contributed by atoms with van der Waals surface area (Å²) in [7, 11) is 0. The molecule has 0 spiro atoms. The molecule has 0 radical (unpaired) electrons. The molecule has 114 valence electrons. The van der Waals surface area contributed by atoms with Crippen molar-refractivity contribution in [1.82, 2.24) is 9.55 Å². The fraction of sp³-hybridized carbons (Fsp3) is 0.235. The van der Waals surface area contributed by atoms with Crippen LogP contribution in [-0.4, -0.2) is 16.1 Å². The van der Waals surface area contributed by atoms with E-state index in [9.17, 15) is 8.78 Å². The number of rotatable bonds is 3. The summed E-state index contributed by atoms with van der Waals surface area (Å²) in [5.41, 5.74) is 10.3. The molecule has 0 fully saturated rings. The van der Waals surface area contributed by atoms with Crippen molar-refractivity contribution in [2.24, 2.45) is 5.73 Å². The van der Waals surface area contributed by atoms with Gasteiger partial charge in [0.25, 0.3) is 0 Å². The normalized spacial score (nSPS) is 11.3. The second-order valence-electron chi connectivity index (χ2n) is 5.43. The molecule has 5 heteroatoms. The van der Waals surface area contributed by atoms with Crippen LogP contribution in [0.2, 0.25) is 0 Å². The van der Waals surface area contributed by atoms with Gasteiger partial charge in [-0.3, -0.25) is 0 Å². The van der Waals surface area contributed by atoms with Gasteiger partial charge in [0.15, 0.2) is 11.6 Å². The van der Waals surface area contributed by atoms with Crippen molar-refractivity contribution in [2.75, 3.05) is 6.54 Å². The number of nitrogens with zero attached hydrogens (tertiary/aromatic N) is 2. The summed E-state index contributed by atoms with van der Waals surface area (Å²) in [5, 5.41) is 0. The van der Waals surface area contributed by atoms with Crippen LogP contribution in [0.15, 0.2) is 30.3 Å². The zero-order valence-electron chi connectivity index (χ0n) is 12.5. The molecular formula is C17H17F2N3. The van der Waals surface area contributed by atoms with Crippen LogP contribution in [0.5, 0.6) is 0 Å². The van der Waals surface area contributed by atoms with Crippen LogP contribution in [0.25, 0.3) is 22.4 Å². The summed E-state index contributed by atoms with van der Waals surface area (Å²) in [5.74, 6) is -1.14. The van der Waals surface area contributed by atoms with E-state index in [0.717, 1.165) is 28.2 Å². The Morgan fingerprint density at radius 2 is 1.77 bits per heavy atom. The highest BCUT2D eigenvalue weighted by Gasteiger charge is 2.15. The van der Waals surface area contributed by atoms with E-state index in [4.69, 9.17) is 5.73 Å². The molecule has 0 bridgehead atoms. The molecule has 3 rings (SSSR count). The smallest absolute Gasteiger partial charge is 0.159 e. The third kappa shape index (κ3) is 2.37. The van der Waals surface area contributed by atoms with Crippen LogP contribution in [0, 0.1) is 25.5 Å². The van der Waals surface area contributed by atoms with Crippen LogP contribution in [0.4, 0.5) is 8.78 Å². The van der Waals surface area contributed by atoms with E-state index in [2.05, 4.69) is 11.1 Å². The van der Waals surface area contributed by atoms with Crippen molar-refractivity contribution in [3.8, 4) is 11.4 Å². The first-order chi connectivity index (χ1) is 10.5. The number of fused-ring (bicyclic) bond motifs is 1. The predicted molar refractivity (Wildman–Crippen MR) is 83.6 cm³/mol. The molecule has 0 amide bonds. The highest BCUT2D eigenvalue weighted by Crippen LogP contribution is 2.27. The summed E-state index contributed by atoms with van der Waals surface area (Å²) >= 11 is 0. The standard InChI is InChI=1S/C17H17F2N3/c1-10-7-15-16(8-11(10)2)22(6-5-20)17(21-15)12-3-4-13(18)14(19)9-12/h3-4,7-9H,5-6,20H2,1-2H3. The van der Waals surface area contributed by atoms with Gasteiger partial charge in [-0.25, -0.2) is 13.8 Å². The summed E-state index contributed by atoms with van der Waals surface area (Å²) in [4.78, 5) is 4.59. The molecule has 0 saturated carbocycles. The molecular weight excluding hydrogens is 284 g/mol. The Morgan fingerprint density at radius 1 is 1.05 bits per heavy atom. The Morgan fingerprint density at radius 3 is 2.45 bits per heavy atom. The highest BCUT2D eigenvalue weighted by atomic mass is 19.2. The van der Waals surface area contributed by atoms with Gasteiger partial charge in [-0.15, -0.1) is 0 Å². The Kier molecular flexibility index (Phi) is 3.66. The van der Waals surface area contributed by atoms with Crippen molar-refractivity contribution < 1.29 is 8.78 Å². The van der Waals surface area contributed by atoms with Crippen molar-refractivity contribution >= 4 is 11.0 Å². The molecule has 0 unspecified atom stereocenters. The number of nitrogens with two attached hydrogens (primary N) is 1.